The Morgan fingerprint density at radius 3 is 2.48 bits per heavy atom. The van der Waals surface area contributed by atoms with Crippen LogP contribution < -0.4 is 4.74 Å². The Morgan fingerprint density at radius 2 is 1.90 bits per heavy atom. The summed E-state index contributed by atoms with van der Waals surface area (Å²) in [5.41, 5.74) is 0.965. The minimum absolute atomic E-state index is 0.262. The molecule has 0 aliphatic heterocycles. The van der Waals surface area contributed by atoms with E-state index in [1.54, 1.807) is 32.9 Å². The molecule has 2 aromatic rings. The lowest BCUT2D eigenvalue weighted by Crippen LogP contribution is -2.25. The van der Waals surface area contributed by atoms with Crippen molar-refractivity contribution < 1.29 is 13.9 Å². The lowest BCUT2D eigenvalue weighted by molar-refractivity contribution is -0.142. The summed E-state index contributed by atoms with van der Waals surface area (Å²) < 4.78 is 19.6. The maximum absolute atomic E-state index is 14.0. The first-order valence-electron chi connectivity index (χ1n) is 7.18. The Kier molecular flexibility index (Phi) is 4.04. The van der Waals surface area contributed by atoms with Crippen LogP contribution in [0.3, 0.4) is 0 Å². The smallest absolute Gasteiger partial charge is 0.316 e. The predicted octanol–water partition coefficient (Wildman–Crippen LogP) is 4.80. The van der Waals surface area contributed by atoms with Crippen molar-refractivity contribution >= 4 is 16.7 Å². The second-order valence-electron chi connectivity index (χ2n) is 6.38. The van der Waals surface area contributed by atoms with Crippen LogP contribution in [0.15, 0.2) is 24.3 Å². The molecule has 3 heteroatoms. The van der Waals surface area contributed by atoms with Gasteiger partial charge in [-0.05, 0) is 62.8 Å². The summed E-state index contributed by atoms with van der Waals surface area (Å²) >= 11 is 0. The summed E-state index contributed by atoms with van der Waals surface area (Å²) in [6.45, 7) is 9.23. The van der Waals surface area contributed by atoms with Gasteiger partial charge in [-0.2, -0.15) is 0 Å². The number of ether oxygens (including phenoxy) is 1. The second-order valence-corrected chi connectivity index (χ2v) is 6.38. The summed E-state index contributed by atoms with van der Waals surface area (Å²) in [6, 6.07) is 6.97. The lowest BCUT2D eigenvalue weighted by atomic mass is 9.96. The Bertz CT molecular complexity index is 696. The maximum Gasteiger partial charge on any atom is 0.316 e. The van der Waals surface area contributed by atoms with Gasteiger partial charge >= 0.3 is 5.97 Å². The quantitative estimate of drug-likeness (QED) is 0.586. The Balaban J connectivity index is 2.67. The summed E-state index contributed by atoms with van der Waals surface area (Å²) in [5, 5.41) is 1.59. The number of halogens is 1. The van der Waals surface area contributed by atoms with Gasteiger partial charge in [0.15, 0.2) is 0 Å². The van der Waals surface area contributed by atoms with Gasteiger partial charge in [-0.15, -0.1) is 0 Å². The molecule has 0 spiro atoms. The van der Waals surface area contributed by atoms with E-state index in [2.05, 4.69) is 0 Å². The van der Waals surface area contributed by atoms with Crippen molar-refractivity contribution in [1.82, 2.24) is 0 Å². The lowest BCUT2D eigenvalue weighted by Gasteiger charge is -2.19. The Hall–Kier alpha value is -1.90. The first-order chi connectivity index (χ1) is 9.74. The molecule has 2 aromatic carbocycles. The first kappa shape index (κ1) is 15.5. The fraction of sp³-hybridized carbons (Fsp3) is 0.389. The first-order valence-corrected chi connectivity index (χ1v) is 7.18. The summed E-state index contributed by atoms with van der Waals surface area (Å²) in [6.07, 6.45) is 0.548. The maximum atomic E-state index is 14.0. The molecular formula is C18H21FO2. The van der Waals surface area contributed by atoms with Gasteiger partial charge in [0.25, 0.3) is 0 Å². The topological polar surface area (TPSA) is 26.3 Å². The zero-order valence-corrected chi connectivity index (χ0v) is 13.2. The van der Waals surface area contributed by atoms with Crippen molar-refractivity contribution in [3.05, 3.63) is 41.2 Å². The van der Waals surface area contributed by atoms with Crippen LogP contribution in [0.25, 0.3) is 10.8 Å². The molecule has 2 nitrogen and oxygen atoms in total. The van der Waals surface area contributed by atoms with E-state index in [0.717, 1.165) is 10.9 Å². The number of rotatable bonds is 2. The molecule has 0 amide bonds. The van der Waals surface area contributed by atoms with E-state index in [1.165, 1.54) is 6.07 Å². The Labute approximate surface area is 124 Å². The number of esters is 1. The average Bonchev–Trinajstić information content (AvgIpc) is 2.38. The molecule has 0 fully saturated rings. The highest BCUT2D eigenvalue weighted by Gasteiger charge is 2.25. The standard InChI is InChI=1S/C18H21FO2/c1-6-13-14(19)8-7-12-9-11(2)10-15(16(12)13)21-17(20)18(3,4)5/h7-10H,6H2,1-5H3. The highest BCUT2D eigenvalue weighted by molar-refractivity contribution is 5.94. The SMILES string of the molecule is CCc1c(F)ccc2cc(C)cc(OC(=O)C(C)(C)C)c12. The molecule has 0 aromatic heterocycles. The number of fused-ring (bicyclic) bond motifs is 1. The summed E-state index contributed by atoms with van der Waals surface area (Å²) in [7, 11) is 0. The van der Waals surface area contributed by atoms with Crippen LogP contribution >= 0.6 is 0 Å². The minimum Gasteiger partial charge on any atom is -0.425 e. The number of hydrogen-bond donors (Lipinski definition) is 0. The van der Waals surface area contributed by atoms with Gasteiger partial charge in [0.1, 0.15) is 11.6 Å². The highest BCUT2D eigenvalue weighted by Crippen LogP contribution is 2.33. The van der Waals surface area contributed by atoms with Crippen molar-refractivity contribution in [3.8, 4) is 5.75 Å². The van der Waals surface area contributed by atoms with E-state index in [-0.39, 0.29) is 11.8 Å². The van der Waals surface area contributed by atoms with E-state index in [9.17, 15) is 9.18 Å². The molecule has 0 aliphatic rings. The van der Waals surface area contributed by atoms with Gasteiger partial charge in [-0.1, -0.05) is 19.1 Å². The molecule has 0 radical (unpaired) electrons. The van der Waals surface area contributed by atoms with Crippen LogP contribution in [-0.2, 0) is 11.2 Å². The number of hydrogen-bond acceptors (Lipinski definition) is 2. The number of carbonyl (C=O) groups excluding carboxylic acids is 1. The zero-order valence-electron chi connectivity index (χ0n) is 13.2. The molecule has 2 rings (SSSR count). The van der Waals surface area contributed by atoms with Gasteiger partial charge in [-0.3, -0.25) is 4.79 Å². The molecule has 21 heavy (non-hydrogen) atoms. The predicted molar refractivity (Wildman–Crippen MR) is 83.1 cm³/mol. The number of aryl methyl sites for hydroxylation is 2. The van der Waals surface area contributed by atoms with Crippen LogP contribution in [0, 0.1) is 18.2 Å². The van der Waals surface area contributed by atoms with Crippen LogP contribution in [0.5, 0.6) is 5.75 Å². The molecule has 0 saturated heterocycles. The molecule has 0 heterocycles. The number of carbonyl (C=O) groups is 1. The second kappa shape index (κ2) is 5.47. The van der Waals surface area contributed by atoms with Crippen LogP contribution in [0.1, 0.15) is 38.8 Å². The fourth-order valence-corrected chi connectivity index (χ4v) is 2.30. The van der Waals surface area contributed by atoms with Crippen molar-refractivity contribution in [2.24, 2.45) is 5.41 Å². The molecule has 112 valence electrons. The zero-order chi connectivity index (χ0) is 15.8. The van der Waals surface area contributed by atoms with Gasteiger partial charge in [0.05, 0.1) is 5.41 Å². The minimum atomic E-state index is -0.601. The molecule has 0 aliphatic carbocycles. The Morgan fingerprint density at radius 1 is 1.24 bits per heavy atom. The summed E-state index contributed by atoms with van der Waals surface area (Å²) in [4.78, 5) is 12.2. The van der Waals surface area contributed by atoms with Crippen molar-refractivity contribution in [2.75, 3.05) is 0 Å². The van der Waals surface area contributed by atoms with Crippen LogP contribution in [-0.4, -0.2) is 5.97 Å². The molecule has 0 unspecified atom stereocenters. The van der Waals surface area contributed by atoms with Crippen LogP contribution in [0.2, 0.25) is 0 Å². The van der Waals surface area contributed by atoms with Crippen LogP contribution in [0.4, 0.5) is 4.39 Å². The van der Waals surface area contributed by atoms with Gasteiger partial charge in [0, 0.05) is 5.39 Å². The third kappa shape index (κ3) is 3.07. The number of benzene rings is 2. The third-order valence-electron chi connectivity index (χ3n) is 3.44. The fourth-order valence-electron chi connectivity index (χ4n) is 2.30. The van der Waals surface area contributed by atoms with Crippen molar-refractivity contribution in [2.45, 2.75) is 41.0 Å². The van der Waals surface area contributed by atoms with Gasteiger partial charge in [-0.25, -0.2) is 4.39 Å². The van der Waals surface area contributed by atoms with E-state index < -0.39 is 5.41 Å². The van der Waals surface area contributed by atoms with E-state index in [0.29, 0.717) is 23.1 Å². The normalized spacial score (nSPS) is 11.7. The van der Waals surface area contributed by atoms with E-state index in [1.807, 2.05) is 19.9 Å². The average molecular weight is 288 g/mol. The molecule has 0 bridgehead atoms. The van der Waals surface area contributed by atoms with Crippen molar-refractivity contribution in [1.29, 1.82) is 0 Å². The molecular weight excluding hydrogens is 267 g/mol. The molecule has 0 N–H and O–H groups in total. The largest absolute Gasteiger partial charge is 0.425 e. The third-order valence-corrected chi connectivity index (χ3v) is 3.44. The molecule has 0 saturated carbocycles. The highest BCUT2D eigenvalue weighted by atomic mass is 19.1. The van der Waals surface area contributed by atoms with Gasteiger partial charge in [0.2, 0.25) is 0 Å². The van der Waals surface area contributed by atoms with E-state index in [4.69, 9.17) is 4.74 Å². The molecule has 0 atom stereocenters. The summed E-state index contributed by atoms with van der Waals surface area (Å²) in [5.74, 6) is -0.135. The van der Waals surface area contributed by atoms with Gasteiger partial charge < -0.3 is 4.74 Å². The van der Waals surface area contributed by atoms with Crippen molar-refractivity contribution in [3.63, 3.8) is 0 Å². The van der Waals surface area contributed by atoms with E-state index >= 15 is 0 Å². The monoisotopic (exact) mass is 288 g/mol.